The fourth-order valence-corrected chi connectivity index (χ4v) is 3.90. The summed E-state index contributed by atoms with van der Waals surface area (Å²) in [6.07, 6.45) is 0.791. The Morgan fingerprint density at radius 2 is 2.08 bits per heavy atom. The summed E-state index contributed by atoms with van der Waals surface area (Å²) in [5, 5.41) is 5.23. The van der Waals surface area contributed by atoms with E-state index >= 15 is 0 Å². The zero-order chi connectivity index (χ0) is 16.9. The molecule has 124 valence electrons. The summed E-state index contributed by atoms with van der Waals surface area (Å²) in [6.45, 7) is 2.77. The molecule has 1 aromatic heterocycles. The number of sulfonamides is 1. The standard InChI is InChI=1S/C17H18N4O2S/c1-11-8-12-9-13(24(18,22)23)6-7-16(12)21(11)10-17-19-14-4-2-3-5-15(14)20-17/h2-7,9,11H,8,10H2,1H3,(H,19,20)(H2,18,22,23)/t11-/m0/s1. The second kappa shape index (κ2) is 5.32. The van der Waals surface area contributed by atoms with Crippen molar-refractivity contribution in [3.05, 3.63) is 53.9 Å². The third-order valence-electron chi connectivity index (χ3n) is 4.49. The van der Waals surface area contributed by atoms with Gasteiger partial charge in [-0.25, -0.2) is 18.5 Å². The number of anilines is 1. The molecular formula is C17H18N4O2S. The van der Waals surface area contributed by atoms with Crippen molar-refractivity contribution in [3.8, 4) is 0 Å². The first-order chi connectivity index (χ1) is 11.4. The summed E-state index contributed by atoms with van der Waals surface area (Å²) >= 11 is 0. The Bertz CT molecular complexity index is 993. The first kappa shape index (κ1) is 15.2. The number of nitrogens with two attached hydrogens (primary N) is 1. The zero-order valence-electron chi connectivity index (χ0n) is 13.2. The maximum absolute atomic E-state index is 11.5. The molecule has 2 heterocycles. The van der Waals surface area contributed by atoms with Crippen molar-refractivity contribution in [1.82, 2.24) is 9.97 Å². The highest BCUT2D eigenvalue weighted by Gasteiger charge is 2.28. The van der Waals surface area contributed by atoms with Gasteiger partial charge in [0, 0.05) is 11.7 Å². The van der Waals surface area contributed by atoms with Crippen molar-refractivity contribution in [1.29, 1.82) is 0 Å². The lowest BCUT2D eigenvalue weighted by atomic mass is 10.1. The van der Waals surface area contributed by atoms with E-state index < -0.39 is 10.0 Å². The largest absolute Gasteiger partial charge is 0.361 e. The molecule has 6 nitrogen and oxygen atoms in total. The SMILES string of the molecule is C[C@H]1Cc2cc(S(N)(=O)=O)ccc2N1Cc1nc2ccccc2[nH]1. The van der Waals surface area contributed by atoms with E-state index in [1.807, 2.05) is 30.3 Å². The molecule has 1 aliphatic rings. The van der Waals surface area contributed by atoms with Crippen LogP contribution >= 0.6 is 0 Å². The number of H-pyrrole nitrogens is 1. The monoisotopic (exact) mass is 342 g/mol. The zero-order valence-corrected chi connectivity index (χ0v) is 14.0. The average Bonchev–Trinajstić information content (AvgIpc) is 3.07. The number of para-hydroxylation sites is 2. The van der Waals surface area contributed by atoms with E-state index in [0.717, 1.165) is 34.5 Å². The second-order valence-corrected chi connectivity index (χ2v) is 7.78. The van der Waals surface area contributed by atoms with Crippen molar-refractivity contribution >= 4 is 26.7 Å². The summed E-state index contributed by atoms with van der Waals surface area (Å²) in [7, 11) is -3.67. The topological polar surface area (TPSA) is 92.1 Å². The number of aromatic amines is 1. The van der Waals surface area contributed by atoms with Crippen LogP contribution in [0.4, 0.5) is 5.69 Å². The van der Waals surface area contributed by atoms with Crippen LogP contribution in [-0.4, -0.2) is 24.4 Å². The van der Waals surface area contributed by atoms with Crippen LogP contribution in [0.15, 0.2) is 47.4 Å². The van der Waals surface area contributed by atoms with Gasteiger partial charge < -0.3 is 9.88 Å². The second-order valence-electron chi connectivity index (χ2n) is 6.22. The molecule has 3 N–H and O–H groups in total. The fourth-order valence-electron chi connectivity index (χ4n) is 3.33. The van der Waals surface area contributed by atoms with Gasteiger partial charge in [0.15, 0.2) is 0 Å². The Kier molecular flexibility index (Phi) is 3.36. The quantitative estimate of drug-likeness (QED) is 0.763. The number of aromatic nitrogens is 2. The van der Waals surface area contributed by atoms with Crippen LogP contribution < -0.4 is 10.0 Å². The van der Waals surface area contributed by atoms with E-state index in [2.05, 4.69) is 21.8 Å². The highest BCUT2D eigenvalue weighted by atomic mass is 32.2. The minimum atomic E-state index is -3.67. The normalized spacial score (nSPS) is 17.4. The molecular weight excluding hydrogens is 324 g/mol. The van der Waals surface area contributed by atoms with Gasteiger partial charge in [0.1, 0.15) is 5.82 Å². The number of rotatable bonds is 3. The van der Waals surface area contributed by atoms with Crippen molar-refractivity contribution in [3.63, 3.8) is 0 Å². The van der Waals surface area contributed by atoms with Gasteiger partial charge in [0.05, 0.1) is 22.5 Å². The van der Waals surface area contributed by atoms with Crippen molar-refractivity contribution < 1.29 is 8.42 Å². The third-order valence-corrected chi connectivity index (χ3v) is 5.41. The molecule has 24 heavy (non-hydrogen) atoms. The van der Waals surface area contributed by atoms with Gasteiger partial charge in [-0.05, 0) is 49.2 Å². The molecule has 0 radical (unpaired) electrons. The van der Waals surface area contributed by atoms with E-state index in [1.54, 1.807) is 12.1 Å². The maximum Gasteiger partial charge on any atom is 0.238 e. The van der Waals surface area contributed by atoms with Crippen LogP contribution in [0.3, 0.4) is 0 Å². The number of nitrogens with zero attached hydrogens (tertiary/aromatic N) is 2. The Morgan fingerprint density at radius 1 is 1.29 bits per heavy atom. The lowest BCUT2D eigenvalue weighted by Gasteiger charge is -2.23. The van der Waals surface area contributed by atoms with Crippen LogP contribution in [0.25, 0.3) is 11.0 Å². The smallest absolute Gasteiger partial charge is 0.238 e. The minimum Gasteiger partial charge on any atom is -0.361 e. The third kappa shape index (κ3) is 2.55. The molecule has 0 spiro atoms. The van der Waals surface area contributed by atoms with Crippen molar-refractivity contribution in [2.75, 3.05) is 4.90 Å². The molecule has 0 unspecified atom stereocenters. The van der Waals surface area contributed by atoms with Gasteiger partial charge in [-0.2, -0.15) is 0 Å². The van der Waals surface area contributed by atoms with Crippen LogP contribution in [0.5, 0.6) is 0 Å². The minimum absolute atomic E-state index is 0.166. The molecule has 7 heteroatoms. The van der Waals surface area contributed by atoms with Gasteiger partial charge in [0.25, 0.3) is 0 Å². The number of primary sulfonamides is 1. The molecule has 0 aliphatic carbocycles. The van der Waals surface area contributed by atoms with Crippen LogP contribution in [0, 0.1) is 0 Å². The number of imidazole rings is 1. The molecule has 0 amide bonds. The molecule has 0 bridgehead atoms. The number of hydrogen-bond acceptors (Lipinski definition) is 4. The summed E-state index contributed by atoms with van der Waals surface area (Å²) in [6, 6.07) is 13.3. The summed E-state index contributed by atoms with van der Waals surface area (Å²) in [5.74, 6) is 0.895. The number of hydrogen-bond donors (Lipinski definition) is 2. The Labute approximate surface area is 140 Å². The Morgan fingerprint density at radius 3 is 2.83 bits per heavy atom. The number of benzene rings is 2. The molecule has 4 rings (SSSR count). The van der Waals surface area contributed by atoms with E-state index in [-0.39, 0.29) is 10.9 Å². The van der Waals surface area contributed by atoms with Gasteiger partial charge in [-0.3, -0.25) is 0 Å². The summed E-state index contributed by atoms with van der Waals surface area (Å²) in [4.78, 5) is 10.4. The maximum atomic E-state index is 11.5. The highest BCUT2D eigenvalue weighted by molar-refractivity contribution is 7.89. The van der Waals surface area contributed by atoms with E-state index in [1.165, 1.54) is 0 Å². The van der Waals surface area contributed by atoms with Crippen LogP contribution in [0.2, 0.25) is 0 Å². The van der Waals surface area contributed by atoms with Crippen LogP contribution in [0.1, 0.15) is 18.3 Å². The summed E-state index contributed by atoms with van der Waals surface area (Å²) < 4.78 is 23.1. The van der Waals surface area contributed by atoms with Gasteiger partial charge in [-0.1, -0.05) is 12.1 Å². The van der Waals surface area contributed by atoms with Crippen molar-refractivity contribution in [2.45, 2.75) is 30.8 Å². The Hall–Kier alpha value is -2.38. The molecule has 0 saturated heterocycles. The summed E-state index contributed by atoms with van der Waals surface area (Å²) in [5.41, 5.74) is 4.01. The molecule has 1 atom stereocenters. The lowest BCUT2D eigenvalue weighted by Crippen LogP contribution is -2.29. The first-order valence-corrected chi connectivity index (χ1v) is 9.32. The molecule has 0 saturated carbocycles. The van der Waals surface area contributed by atoms with Gasteiger partial charge in [0.2, 0.25) is 10.0 Å². The van der Waals surface area contributed by atoms with Gasteiger partial charge >= 0.3 is 0 Å². The average molecular weight is 342 g/mol. The molecule has 2 aromatic carbocycles. The Balaban J connectivity index is 1.68. The van der Waals surface area contributed by atoms with Crippen LogP contribution in [-0.2, 0) is 23.0 Å². The highest BCUT2D eigenvalue weighted by Crippen LogP contribution is 2.34. The predicted octanol–water partition coefficient (Wildman–Crippen LogP) is 2.16. The van der Waals surface area contributed by atoms with Gasteiger partial charge in [-0.15, -0.1) is 0 Å². The molecule has 3 aromatic rings. The predicted molar refractivity (Wildman–Crippen MR) is 93.3 cm³/mol. The van der Waals surface area contributed by atoms with E-state index in [0.29, 0.717) is 6.54 Å². The lowest BCUT2D eigenvalue weighted by molar-refractivity contribution is 0.597. The number of nitrogens with one attached hydrogen (secondary N) is 1. The number of fused-ring (bicyclic) bond motifs is 2. The van der Waals surface area contributed by atoms with E-state index in [4.69, 9.17) is 5.14 Å². The molecule has 1 aliphatic heterocycles. The first-order valence-electron chi connectivity index (χ1n) is 7.78. The van der Waals surface area contributed by atoms with E-state index in [9.17, 15) is 8.42 Å². The molecule has 0 fully saturated rings. The fraction of sp³-hybridized carbons (Fsp3) is 0.235. The van der Waals surface area contributed by atoms with Crippen molar-refractivity contribution in [2.24, 2.45) is 5.14 Å².